The van der Waals surface area contributed by atoms with Crippen molar-refractivity contribution in [2.75, 3.05) is 14.2 Å². The van der Waals surface area contributed by atoms with Crippen LogP contribution in [0, 0.1) is 0 Å². The highest BCUT2D eigenvalue weighted by molar-refractivity contribution is 6.30. The summed E-state index contributed by atoms with van der Waals surface area (Å²) in [7, 11) is 3.60. The molecule has 0 bridgehead atoms. The molecule has 0 aliphatic heterocycles. The molecule has 1 aromatic carbocycles. The summed E-state index contributed by atoms with van der Waals surface area (Å²) >= 11 is 6.03. The van der Waals surface area contributed by atoms with Gasteiger partial charge >= 0.3 is 0 Å². The second kappa shape index (κ2) is 6.73. The molecule has 0 amide bonds. The van der Waals surface area contributed by atoms with Crippen molar-refractivity contribution in [1.29, 1.82) is 0 Å². The fraction of sp³-hybridized carbons (Fsp3) is 0.312. The maximum Gasteiger partial charge on any atom is 0.125 e. The van der Waals surface area contributed by atoms with Crippen molar-refractivity contribution in [1.82, 2.24) is 10.3 Å². The number of nitrogens with one attached hydrogen (secondary N) is 1. The zero-order valence-corrected chi connectivity index (χ0v) is 12.7. The number of methoxy groups -OCH3 is 1. The zero-order chi connectivity index (χ0) is 14.5. The van der Waals surface area contributed by atoms with Crippen molar-refractivity contribution < 1.29 is 4.74 Å². The molecule has 4 heteroatoms. The number of rotatable bonds is 5. The Morgan fingerprint density at radius 1 is 1.25 bits per heavy atom. The molecule has 2 atom stereocenters. The maximum absolute atomic E-state index is 6.03. The van der Waals surface area contributed by atoms with E-state index in [0.717, 1.165) is 17.0 Å². The fourth-order valence-electron chi connectivity index (χ4n) is 2.43. The van der Waals surface area contributed by atoms with Gasteiger partial charge in [0.1, 0.15) is 5.75 Å². The van der Waals surface area contributed by atoms with Crippen molar-refractivity contribution in [2.24, 2.45) is 0 Å². The first kappa shape index (κ1) is 14.8. The summed E-state index contributed by atoms with van der Waals surface area (Å²) < 4.78 is 5.45. The Labute approximate surface area is 124 Å². The Morgan fingerprint density at radius 2 is 2.05 bits per heavy atom. The van der Waals surface area contributed by atoms with Gasteiger partial charge in [-0.05, 0) is 31.3 Å². The predicted octanol–water partition coefficient (Wildman–Crippen LogP) is 3.81. The second-order valence-electron chi connectivity index (χ2n) is 4.70. The van der Waals surface area contributed by atoms with Gasteiger partial charge in [0.05, 0.1) is 7.11 Å². The smallest absolute Gasteiger partial charge is 0.125 e. The zero-order valence-electron chi connectivity index (χ0n) is 11.9. The van der Waals surface area contributed by atoms with Crippen LogP contribution in [-0.2, 0) is 0 Å². The molecule has 0 saturated carbocycles. The first-order valence-corrected chi connectivity index (χ1v) is 6.96. The van der Waals surface area contributed by atoms with Gasteiger partial charge in [-0.2, -0.15) is 0 Å². The van der Waals surface area contributed by atoms with Crippen LogP contribution in [0.4, 0.5) is 0 Å². The molecule has 1 heterocycles. The lowest BCUT2D eigenvalue weighted by Crippen LogP contribution is -2.23. The Morgan fingerprint density at radius 3 is 2.65 bits per heavy atom. The third kappa shape index (κ3) is 3.11. The predicted molar refractivity (Wildman–Crippen MR) is 82.5 cm³/mol. The summed E-state index contributed by atoms with van der Waals surface area (Å²) in [6.07, 6.45) is 1.82. The third-order valence-corrected chi connectivity index (χ3v) is 3.73. The van der Waals surface area contributed by atoms with Crippen molar-refractivity contribution >= 4 is 11.6 Å². The number of likely N-dealkylation sites (N-methyl/N-ethyl adjacent to an activating group) is 1. The van der Waals surface area contributed by atoms with Gasteiger partial charge < -0.3 is 10.1 Å². The number of hydrogen-bond acceptors (Lipinski definition) is 3. The highest BCUT2D eigenvalue weighted by Crippen LogP contribution is 2.35. The van der Waals surface area contributed by atoms with Crippen molar-refractivity contribution in [3.8, 4) is 5.75 Å². The molecule has 2 unspecified atom stereocenters. The molecular weight excluding hydrogens is 272 g/mol. The topological polar surface area (TPSA) is 34.1 Å². The molecule has 2 aromatic rings. The normalized spacial score (nSPS) is 13.8. The fourth-order valence-corrected chi connectivity index (χ4v) is 2.59. The highest BCUT2D eigenvalue weighted by atomic mass is 35.5. The van der Waals surface area contributed by atoms with Gasteiger partial charge in [-0.15, -0.1) is 0 Å². The molecule has 20 heavy (non-hydrogen) atoms. The monoisotopic (exact) mass is 290 g/mol. The maximum atomic E-state index is 6.03. The second-order valence-corrected chi connectivity index (χ2v) is 5.13. The number of aromatic nitrogens is 1. The van der Waals surface area contributed by atoms with Crippen LogP contribution in [0.15, 0.2) is 42.6 Å². The van der Waals surface area contributed by atoms with E-state index in [1.807, 2.05) is 49.6 Å². The lowest BCUT2D eigenvalue weighted by atomic mass is 9.91. The summed E-state index contributed by atoms with van der Waals surface area (Å²) in [5.41, 5.74) is 2.13. The molecule has 1 N–H and O–H groups in total. The van der Waals surface area contributed by atoms with E-state index in [0.29, 0.717) is 5.02 Å². The molecular formula is C16H19ClN2O. The third-order valence-electron chi connectivity index (χ3n) is 3.50. The standard InChI is InChI=1S/C16H19ClN2O/c1-11(14-6-4-5-9-19-14)16(18-2)13-8-7-12(17)10-15(13)20-3/h4-11,16,18H,1-3H3. The van der Waals surface area contributed by atoms with E-state index in [1.165, 1.54) is 0 Å². The average Bonchev–Trinajstić information content (AvgIpc) is 2.50. The van der Waals surface area contributed by atoms with Gasteiger partial charge in [-0.1, -0.05) is 30.7 Å². The number of benzene rings is 1. The Bertz CT molecular complexity index is 560. The lowest BCUT2D eigenvalue weighted by Gasteiger charge is -2.25. The first-order valence-electron chi connectivity index (χ1n) is 6.59. The van der Waals surface area contributed by atoms with Crippen molar-refractivity contribution in [3.05, 3.63) is 58.9 Å². The summed E-state index contributed by atoms with van der Waals surface area (Å²) in [6.45, 7) is 2.15. The summed E-state index contributed by atoms with van der Waals surface area (Å²) in [5, 5.41) is 4.02. The van der Waals surface area contributed by atoms with Gasteiger partial charge in [0.2, 0.25) is 0 Å². The Hall–Kier alpha value is -1.58. The van der Waals surface area contributed by atoms with E-state index in [9.17, 15) is 0 Å². The summed E-state index contributed by atoms with van der Waals surface area (Å²) in [6, 6.07) is 11.8. The summed E-state index contributed by atoms with van der Waals surface area (Å²) in [5.74, 6) is 1.01. The van der Waals surface area contributed by atoms with Crippen LogP contribution in [0.1, 0.15) is 30.1 Å². The van der Waals surface area contributed by atoms with Crippen LogP contribution in [-0.4, -0.2) is 19.1 Å². The van der Waals surface area contributed by atoms with Gasteiger partial charge in [0.25, 0.3) is 0 Å². The van der Waals surface area contributed by atoms with Crippen LogP contribution in [0.2, 0.25) is 5.02 Å². The summed E-state index contributed by atoms with van der Waals surface area (Å²) in [4.78, 5) is 4.44. The minimum Gasteiger partial charge on any atom is -0.496 e. The molecule has 0 saturated heterocycles. The van der Waals surface area contributed by atoms with Crippen LogP contribution < -0.4 is 10.1 Å². The molecule has 106 valence electrons. The average molecular weight is 291 g/mol. The number of nitrogens with zero attached hydrogens (tertiary/aromatic N) is 1. The molecule has 0 aliphatic carbocycles. The molecule has 2 rings (SSSR count). The molecule has 0 spiro atoms. The number of hydrogen-bond donors (Lipinski definition) is 1. The van der Waals surface area contributed by atoms with E-state index in [1.54, 1.807) is 7.11 Å². The van der Waals surface area contributed by atoms with Gasteiger partial charge in [-0.25, -0.2) is 0 Å². The van der Waals surface area contributed by atoms with Gasteiger partial charge in [-0.3, -0.25) is 4.98 Å². The van der Waals surface area contributed by atoms with E-state index in [2.05, 4.69) is 17.2 Å². The largest absolute Gasteiger partial charge is 0.496 e. The van der Waals surface area contributed by atoms with Crippen LogP contribution in [0.25, 0.3) is 0 Å². The molecule has 0 radical (unpaired) electrons. The van der Waals surface area contributed by atoms with Gasteiger partial charge in [0.15, 0.2) is 0 Å². The van der Waals surface area contributed by atoms with Crippen LogP contribution in [0.3, 0.4) is 0 Å². The lowest BCUT2D eigenvalue weighted by molar-refractivity contribution is 0.393. The van der Waals surface area contributed by atoms with E-state index in [-0.39, 0.29) is 12.0 Å². The quantitative estimate of drug-likeness (QED) is 0.909. The Kier molecular flexibility index (Phi) is 4.99. The van der Waals surface area contributed by atoms with E-state index < -0.39 is 0 Å². The molecule has 0 aliphatic rings. The minimum absolute atomic E-state index is 0.108. The van der Waals surface area contributed by atoms with E-state index in [4.69, 9.17) is 16.3 Å². The molecule has 0 fully saturated rings. The number of halogens is 1. The van der Waals surface area contributed by atoms with Crippen LogP contribution >= 0.6 is 11.6 Å². The number of ether oxygens (including phenoxy) is 1. The van der Waals surface area contributed by atoms with Gasteiger partial charge in [0, 0.05) is 34.4 Å². The van der Waals surface area contributed by atoms with Crippen molar-refractivity contribution in [2.45, 2.75) is 18.9 Å². The highest BCUT2D eigenvalue weighted by Gasteiger charge is 2.23. The molecule has 1 aromatic heterocycles. The van der Waals surface area contributed by atoms with E-state index >= 15 is 0 Å². The minimum atomic E-state index is 0.108. The first-order chi connectivity index (χ1) is 9.67. The van der Waals surface area contributed by atoms with Crippen molar-refractivity contribution in [3.63, 3.8) is 0 Å². The SMILES string of the molecule is CNC(c1ccc(Cl)cc1OC)C(C)c1ccccn1. The Balaban J connectivity index is 2.37. The number of pyridine rings is 1. The molecule has 3 nitrogen and oxygen atoms in total. The van der Waals surface area contributed by atoms with Crippen LogP contribution in [0.5, 0.6) is 5.75 Å².